The lowest BCUT2D eigenvalue weighted by Crippen LogP contribution is -2.23. The number of hydrogen-bond acceptors (Lipinski definition) is 4. The van der Waals surface area contributed by atoms with E-state index in [2.05, 4.69) is 15.6 Å². The maximum absolute atomic E-state index is 12.6. The molecule has 0 saturated carbocycles. The molecule has 0 spiro atoms. The summed E-state index contributed by atoms with van der Waals surface area (Å²) in [6.07, 6.45) is 3.98. The number of halogens is 2. The molecule has 8 heteroatoms. The molecule has 0 aliphatic carbocycles. The molecule has 4 aromatic rings. The normalized spacial score (nSPS) is 11.9. The first-order chi connectivity index (χ1) is 17.5. The van der Waals surface area contributed by atoms with Crippen LogP contribution in [0.5, 0.6) is 0 Å². The first-order valence-electron chi connectivity index (χ1n) is 11.7. The summed E-state index contributed by atoms with van der Waals surface area (Å²) in [5, 5.41) is 17.5. The number of carbonyl (C=O) groups excluding carboxylic acids is 1. The van der Waals surface area contributed by atoms with Crippen LogP contribution in [0.25, 0.3) is 0 Å². The van der Waals surface area contributed by atoms with E-state index in [4.69, 9.17) is 23.2 Å². The number of hydrogen-bond donors (Lipinski definition) is 3. The fraction of sp³-hybridized carbons (Fsp3) is 0.214. The van der Waals surface area contributed by atoms with E-state index >= 15 is 0 Å². The average molecular weight is 523 g/mol. The van der Waals surface area contributed by atoms with E-state index in [1.54, 1.807) is 12.3 Å². The Hall–Kier alpha value is -3.16. The summed E-state index contributed by atoms with van der Waals surface area (Å²) in [5.74, 6) is 0.528. The van der Waals surface area contributed by atoms with Gasteiger partial charge in [0, 0.05) is 31.2 Å². The maximum atomic E-state index is 12.6. The predicted octanol–water partition coefficient (Wildman–Crippen LogP) is 5.29. The summed E-state index contributed by atoms with van der Waals surface area (Å²) < 4.78 is 1.92. The lowest BCUT2D eigenvalue weighted by Gasteiger charge is -2.12. The molecule has 4 rings (SSSR count). The highest BCUT2D eigenvalue weighted by Crippen LogP contribution is 2.23. The van der Waals surface area contributed by atoms with Gasteiger partial charge in [-0.05, 0) is 53.9 Å². The minimum Gasteiger partial charge on any atom is -0.387 e. The molecule has 3 N–H and O–H groups in total. The second-order valence-electron chi connectivity index (χ2n) is 8.52. The Bertz CT molecular complexity index is 1280. The molecule has 1 heterocycles. The van der Waals surface area contributed by atoms with Gasteiger partial charge in [0.15, 0.2) is 0 Å². The van der Waals surface area contributed by atoms with E-state index < -0.39 is 6.10 Å². The van der Waals surface area contributed by atoms with Crippen molar-refractivity contribution in [2.45, 2.75) is 25.5 Å². The summed E-state index contributed by atoms with van der Waals surface area (Å²) in [5.41, 5.74) is 3.76. The molecule has 0 radical (unpaired) electrons. The molecule has 0 bridgehead atoms. The molecule has 36 heavy (non-hydrogen) atoms. The van der Waals surface area contributed by atoms with Crippen molar-refractivity contribution in [2.24, 2.45) is 0 Å². The monoisotopic (exact) mass is 522 g/mol. The summed E-state index contributed by atoms with van der Waals surface area (Å²) in [4.78, 5) is 17.0. The van der Waals surface area contributed by atoms with Gasteiger partial charge >= 0.3 is 0 Å². The summed E-state index contributed by atoms with van der Waals surface area (Å²) in [7, 11) is 0. The Labute approximate surface area is 220 Å². The number of rotatable bonds is 11. The second kappa shape index (κ2) is 12.7. The van der Waals surface area contributed by atoms with Crippen LogP contribution in [-0.2, 0) is 24.2 Å². The Kier molecular flexibility index (Phi) is 9.14. The fourth-order valence-electron chi connectivity index (χ4n) is 3.85. The van der Waals surface area contributed by atoms with Crippen molar-refractivity contribution in [1.29, 1.82) is 0 Å². The van der Waals surface area contributed by atoms with Crippen molar-refractivity contribution < 1.29 is 9.90 Å². The zero-order valence-electron chi connectivity index (χ0n) is 19.7. The van der Waals surface area contributed by atoms with Crippen molar-refractivity contribution in [2.75, 3.05) is 18.4 Å². The molecule has 0 aliphatic heterocycles. The van der Waals surface area contributed by atoms with Crippen molar-refractivity contribution in [3.63, 3.8) is 0 Å². The lowest BCUT2D eigenvalue weighted by molar-refractivity contribution is -0.115. The van der Waals surface area contributed by atoms with Crippen LogP contribution in [0.4, 0.5) is 5.69 Å². The molecule has 6 nitrogen and oxygen atoms in total. The molecular formula is C28H28Cl2N4O2. The molecule has 3 aromatic carbocycles. The van der Waals surface area contributed by atoms with Gasteiger partial charge < -0.3 is 20.3 Å². The number of benzene rings is 3. The molecule has 186 valence electrons. The largest absolute Gasteiger partial charge is 0.387 e. The van der Waals surface area contributed by atoms with Crippen LogP contribution in [-0.4, -0.2) is 33.7 Å². The van der Waals surface area contributed by atoms with Crippen LogP contribution < -0.4 is 10.6 Å². The highest BCUT2D eigenvalue weighted by atomic mass is 35.5. The highest BCUT2D eigenvalue weighted by molar-refractivity contribution is 6.42. The molecule has 1 atom stereocenters. The summed E-state index contributed by atoms with van der Waals surface area (Å²) in [6, 6.07) is 22.9. The van der Waals surface area contributed by atoms with Gasteiger partial charge in [-0.1, -0.05) is 71.7 Å². The number of aromatic nitrogens is 2. The molecule has 0 aliphatic rings. The predicted molar refractivity (Wildman–Crippen MR) is 145 cm³/mol. The van der Waals surface area contributed by atoms with Gasteiger partial charge in [0.25, 0.3) is 0 Å². The summed E-state index contributed by atoms with van der Waals surface area (Å²) >= 11 is 12.1. The van der Waals surface area contributed by atoms with Crippen molar-refractivity contribution >= 4 is 34.8 Å². The average Bonchev–Trinajstić information content (AvgIpc) is 3.31. The molecule has 1 amide bonds. The Balaban J connectivity index is 1.22. The summed E-state index contributed by atoms with van der Waals surface area (Å²) in [6.45, 7) is 1.79. The number of carbonyl (C=O) groups is 1. The quantitative estimate of drug-likeness (QED) is 0.234. The molecule has 0 fully saturated rings. The van der Waals surface area contributed by atoms with Gasteiger partial charge in [-0.2, -0.15) is 0 Å². The van der Waals surface area contributed by atoms with Crippen LogP contribution in [0.15, 0.2) is 85.2 Å². The van der Waals surface area contributed by atoms with Crippen molar-refractivity contribution in [3.05, 3.63) is 118 Å². The lowest BCUT2D eigenvalue weighted by atomic mass is 10.1. The van der Waals surface area contributed by atoms with Crippen molar-refractivity contribution in [3.8, 4) is 0 Å². The van der Waals surface area contributed by atoms with Gasteiger partial charge in [0.2, 0.25) is 5.91 Å². The standard InChI is InChI=1S/C28H28Cl2N4O2/c29-24-11-8-21(16-25(24)30)19-34-15-14-32-27(34)17-28(36)33-23-9-6-20(7-10-23)12-13-31-18-26(35)22-4-2-1-3-5-22/h1-11,14-16,26,31,35H,12-13,17-19H2,(H,33,36). The third kappa shape index (κ3) is 7.42. The minimum atomic E-state index is -0.525. The Morgan fingerprint density at radius 2 is 1.72 bits per heavy atom. The number of aliphatic hydroxyl groups excluding tert-OH is 1. The Morgan fingerprint density at radius 1 is 0.972 bits per heavy atom. The first-order valence-corrected chi connectivity index (χ1v) is 12.5. The third-order valence-corrected chi connectivity index (χ3v) is 6.55. The smallest absolute Gasteiger partial charge is 0.231 e. The van der Waals surface area contributed by atoms with Crippen LogP contribution in [0.2, 0.25) is 10.0 Å². The van der Waals surface area contributed by atoms with Gasteiger partial charge in [-0.25, -0.2) is 4.98 Å². The van der Waals surface area contributed by atoms with E-state index in [0.717, 1.165) is 35.3 Å². The topological polar surface area (TPSA) is 79.2 Å². The third-order valence-electron chi connectivity index (χ3n) is 5.81. The van der Waals surface area contributed by atoms with Crippen LogP contribution in [0, 0.1) is 0 Å². The van der Waals surface area contributed by atoms with Gasteiger partial charge in [-0.15, -0.1) is 0 Å². The van der Waals surface area contributed by atoms with Gasteiger partial charge in [0.1, 0.15) is 5.82 Å². The number of imidazole rings is 1. The van der Waals surface area contributed by atoms with E-state index in [1.807, 2.05) is 77.5 Å². The van der Waals surface area contributed by atoms with Crippen LogP contribution in [0.3, 0.4) is 0 Å². The highest BCUT2D eigenvalue weighted by Gasteiger charge is 2.11. The second-order valence-corrected chi connectivity index (χ2v) is 9.34. The Morgan fingerprint density at radius 3 is 2.47 bits per heavy atom. The van der Waals surface area contributed by atoms with E-state index in [0.29, 0.717) is 29.0 Å². The van der Waals surface area contributed by atoms with Crippen molar-refractivity contribution in [1.82, 2.24) is 14.9 Å². The number of nitrogens with zero attached hydrogens (tertiary/aromatic N) is 2. The zero-order chi connectivity index (χ0) is 25.3. The van der Waals surface area contributed by atoms with E-state index in [9.17, 15) is 9.90 Å². The molecular weight excluding hydrogens is 495 g/mol. The van der Waals surface area contributed by atoms with Crippen LogP contribution in [0.1, 0.15) is 28.6 Å². The molecule has 0 saturated heterocycles. The SMILES string of the molecule is O=C(Cc1nccn1Cc1ccc(Cl)c(Cl)c1)Nc1ccc(CCNCC(O)c2ccccc2)cc1. The van der Waals surface area contributed by atoms with Gasteiger partial charge in [-0.3, -0.25) is 4.79 Å². The van der Waals surface area contributed by atoms with E-state index in [-0.39, 0.29) is 12.3 Å². The fourth-order valence-corrected chi connectivity index (χ4v) is 4.17. The van der Waals surface area contributed by atoms with E-state index in [1.165, 1.54) is 0 Å². The number of amides is 1. The minimum absolute atomic E-state index is 0.138. The maximum Gasteiger partial charge on any atom is 0.231 e. The number of anilines is 1. The molecule has 1 aromatic heterocycles. The number of nitrogens with one attached hydrogen (secondary N) is 2. The zero-order valence-corrected chi connectivity index (χ0v) is 21.2. The number of aliphatic hydroxyl groups is 1. The van der Waals surface area contributed by atoms with Gasteiger partial charge in [0.05, 0.1) is 22.6 Å². The molecule has 1 unspecified atom stereocenters. The first kappa shape index (κ1) is 25.9. The van der Waals surface area contributed by atoms with Crippen LogP contribution >= 0.6 is 23.2 Å².